The Morgan fingerprint density at radius 2 is 2.03 bits per heavy atom. The third-order valence-corrected chi connectivity index (χ3v) is 6.74. The molecule has 0 aliphatic carbocycles. The molecule has 0 saturated carbocycles. The molecule has 0 fully saturated rings. The summed E-state index contributed by atoms with van der Waals surface area (Å²) in [4.78, 5) is 5.09. The van der Waals surface area contributed by atoms with Gasteiger partial charge in [-0.3, -0.25) is 0 Å². The molecule has 2 aliphatic heterocycles. The molecule has 158 valence electrons. The van der Waals surface area contributed by atoms with Crippen LogP contribution in [-0.4, -0.2) is 27.3 Å². The van der Waals surface area contributed by atoms with Crippen LogP contribution in [0.4, 0.5) is 0 Å². The number of fused-ring (bicyclic) bond motifs is 1. The van der Waals surface area contributed by atoms with Crippen LogP contribution in [0, 0.1) is 13.8 Å². The minimum atomic E-state index is -0.682. The van der Waals surface area contributed by atoms with Crippen molar-refractivity contribution in [3.05, 3.63) is 71.3 Å². The van der Waals surface area contributed by atoms with Gasteiger partial charge >= 0.3 is 0 Å². The smallest absolute Gasteiger partial charge is 0.206 e. The van der Waals surface area contributed by atoms with Crippen LogP contribution in [0.3, 0.4) is 0 Å². The highest BCUT2D eigenvalue weighted by Gasteiger charge is 2.48. The molecule has 2 heterocycles. The van der Waals surface area contributed by atoms with Crippen LogP contribution in [0.1, 0.15) is 54.9 Å². The summed E-state index contributed by atoms with van der Waals surface area (Å²) in [7, 11) is 0. The number of phenolic OH excluding ortho intramolecular Hbond substituents is 1. The zero-order valence-corrected chi connectivity index (χ0v) is 19.0. The molecule has 2 N–H and O–H groups in total. The van der Waals surface area contributed by atoms with Gasteiger partial charge in [0.15, 0.2) is 5.17 Å². The quantitative estimate of drug-likeness (QED) is 0.626. The number of nitrogens with zero attached hydrogens (tertiary/aromatic N) is 1. The zero-order chi connectivity index (χ0) is 21.5. The summed E-state index contributed by atoms with van der Waals surface area (Å²) in [6, 6.07) is 12.1. The third-order valence-electron chi connectivity index (χ3n) is 5.88. The number of hydrogen-bond donors (Lipinski definition) is 2. The first-order valence-corrected chi connectivity index (χ1v) is 11.4. The molecule has 4 nitrogen and oxygen atoms in total. The minimum absolute atomic E-state index is 0.152. The van der Waals surface area contributed by atoms with Crippen molar-refractivity contribution < 1.29 is 9.84 Å². The van der Waals surface area contributed by atoms with Gasteiger partial charge in [0, 0.05) is 41.7 Å². The first-order valence-electron chi connectivity index (χ1n) is 10.4. The lowest BCUT2D eigenvalue weighted by Crippen LogP contribution is -2.57. The number of phenols is 1. The highest BCUT2D eigenvalue weighted by Crippen LogP contribution is 2.51. The number of nitrogens with one attached hydrogen (secondary N) is 1. The Hall–Kier alpha value is -2.40. The highest BCUT2D eigenvalue weighted by molar-refractivity contribution is 8.13. The van der Waals surface area contributed by atoms with Gasteiger partial charge in [0.05, 0.1) is 0 Å². The molecule has 30 heavy (non-hydrogen) atoms. The summed E-state index contributed by atoms with van der Waals surface area (Å²) in [6.07, 6.45) is 3.39. The molecule has 5 heteroatoms. The molecular weight excluding hydrogens is 392 g/mol. The molecule has 0 unspecified atom stereocenters. The molecule has 0 aromatic heterocycles. The summed E-state index contributed by atoms with van der Waals surface area (Å²) < 4.78 is 6.63. The predicted molar refractivity (Wildman–Crippen MR) is 126 cm³/mol. The minimum Gasteiger partial charge on any atom is -0.508 e. The monoisotopic (exact) mass is 422 g/mol. The van der Waals surface area contributed by atoms with E-state index in [1.165, 1.54) is 11.1 Å². The largest absolute Gasteiger partial charge is 0.508 e. The van der Waals surface area contributed by atoms with Crippen molar-refractivity contribution in [3.63, 3.8) is 0 Å². The van der Waals surface area contributed by atoms with Crippen molar-refractivity contribution in [2.24, 2.45) is 4.99 Å². The molecule has 2 aromatic rings. The van der Waals surface area contributed by atoms with E-state index in [2.05, 4.69) is 56.9 Å². The molecule has 2 aliphatic rings. The van der Waals surface area contributed by atoms with Gasteiger partial charge in [0.25, 0.3) is 0 Å². The van der Waals surface area contributed by atoms with Gasteiger partial charge < -0.3 is 15.2 Å². The second-order valence-electron chi connectivity index (χ2n) is 9.04. The number of thioether (sulfide) groups is 1. The van der Waals surface area contributed by atoms with E-state index in [-0.39, 0.29) is 17.2 Å². The number of ether oxygens (including phenoxy) is 1. The summed E-state index contributed by atoms with van der Waals surface area (Å²) in [5.74, 6) is 1.90. The van der Waals surface area contributed by atoms with Crippen molar-refractivity contribution in [1.82, 2.24) is 5.32 Å². The number of aromatic hydroxyl groups is 1. The molecular formula is C25H30N2O2S. The first-order chi connectivity index (χ1) is 14.2. The van der Waals surface area contributed by atoms with Crippen molar-refractivity contribution in [2.45, 2.75) is 57.7 Å². The van der Waals surface area contributed by atoms with Gasteiger partial charge in [-0.1, -0.05) is 42.1 Å². The van der Waals surface area contributed by atoms with Crippen molar-refractivity contribution in [1.29, 1.82) is 0 Å². The maximum atomic E-state index is 10.3. The van der Waals surface area contributed by atoms with E-state index in [0.717, 1.165) is 40.6 Å². The third kappa shape index (κ3) is 3.95. The van der Waals surface area contributed by atoms with Crippen LogP contribution >= 0.6 is 11.8 Å². The van der Waals surface area contributed by atoms with E-state index in [0.29, 0.717) is 0 Å². The number of hydrogen-bond acceptors (Lipinski definition) is 5. The number of amidine groups is 1. The van der Waals surface area contributed by atoms with E-state index >= 15 is 0 Å². The lowest BCUT2D eigenvalue weighted by Gasteiger charge is -2.47. The van der Waals surface area contributed by atoms with Crippen molar-refractivity contribution >= 4 is 16.9 Å². The van der Waals surface area contributed by atoms with Crippen molar-refractivity contribution in [3.8, 4) is 11.5 Å². The lowest BCUT2D eigenvalue weighted by atomic mass is 9.75. The topological polar surface area (TPSA) is 53.9 Å². The fraction of sp³-hybridized carbons (Fsp3) is 0.400. The average molecular weight is 423 g/mol. The van der Waals surface area contributed by atoms with E-state index in [1.54, 1.807) is 17.8 Å². The normalized spacial score (nSPS) is 24.4. The second kappa shape index (κ2) is 7.69. The fourth-order valence-corrected chi connectivity index (χ4v) is 5.70. The first kappa shape index (κ1) is 20.9. The maximum absolute atomic E-state index is 10.3. The van der Waals surface area contributed by atoms with Gasteiger partial charge in [-0.2, -0.15) is 0 Å². The zero-order valence-electron chi connectivity index (χ0n) is 18.2. The molecule has 1 spiro atoms. The molecule has 0 saturated heterocycles. The van der Waals surface area contributed by atoms with Gasteiger partial charge in [-0.25, -0.2) is 4.99 Å². The number of aryl methyl sites for hydroxylation is 2. The average Bonchev–Trinajstić information content (AvgIpc) is 2.64. The molecule has 0 amide bonds. The molecule has 0 radical (unpaired) electrons. The van der Waals surface area contributed by atoms with Crippen LogP contribution in [0.25, 0.3) is 0 Å². The summed E-state index contributed by atoms with van der Waals surface area (Å²) in [5.41, 5.74) is 3.91. The van der Waals surface area contributed by atoms with Crippen molar-refractivity contribution in [2.75, 3.05) is 5.75 Å². The summed E-state index contributed by atoms with van der Waals surface area (Å²) >= 11 is 1.65. The van der Waals surface area contributed by atoms with Gasteiger partial charge in [-0.05, 0) is 50.5 Å². The Labute approximate surface area is 183 Å². The Morgan fingerprint density at radius 1 is 1.27 bits per heavy atom. The van der Waals surface area contributed by atoms with E-state index in [4.69, 9.17) is 9.73 Å². The van der Waals surface area contributed by atoms with E-state index in [1.807, 2.05) is 19.1 Å². The summed E-state index contributed by atoms with van der Waals surface area (Å²) in [5, 5.41) is 14.7. The maximum Gasteiger partial charge on any atom is 0.206 e. The highest BCUT2D eigenvalue weighted by atomic mass is 32.2. The van der Waals surface area contributed by atoms with E-state index in [9.17, 15) is 5.11 Å². The molecule has 4 rings (SSSR count). The fourth-order valence-electron chi connectivity index (χ4n) is 4.85. The number of rotatable bonds is 3. The summed E-state index contributed by atoms with van der Waals surface area (Å²) in [6.45, 7) is 12.4. The predicted octanol–water partition coefficient (Wildman–Crippen LogP) is 5.67. The lowest BCUT2D eigenvalue weighted by molar-refractivity contribution is 0.0131. The SMILES string of the molecule is C=CCSC1=N[C@@]2(C[C@@H](c3ccccc3C)c3c(C)cc(O)cc3O2)CC(C)(C)N1. The Kier molecular flexibility index (Phi) is 5.35. The number of benzene rings is 2. The number of aliphatic imine (C=N–C) groups is 1. The second-order valence-corrected chi connectivity index (χ2v) is 10.0. The Balaban J connectivity index is 1.87. The van der Waals surface area contributed by atoms with Crippen LogP contribution in [0.5, 0.6) is 11.5 Å². The standard InChI is InChI=1S/C25H30N2O2S/c1-6-11-30-23-26-24(4,5)15-25(27-23)14-20(19-10-8-7-9-16(19)2)22-17(3)12-18(28)13-21(22)29-25/h6-10,12-13,20,28H,1,11,14-15H2,2-5H3,(H,26,27)/t20-,25+/m0/s1. The van der Waals surface area contributed by atoms with Crippen LogP contribution < -0.4 is 10.1 Å². The molecule has 2 atom stereocenters. The van der Waals surface area contributed by atoms with Gasteiger partial charge in [0.2, 0.25) is 5.72 Å². The molecule has 2 aromatic carbocycles. The molecule has 0 bridgehead atoms. The van der Waals surface area contributed by atoms with E-state index < -0.39 is 5.72 Å². The Bertz CT molecular complexity index is 1010. The van der Waals surface area contributed by atoms with Gasteiger partial charge in [0.1, 0.15) is 11.5 Å². The Morgan fingerprint density at radius 3 is 2.77 bits per heavy atom. The van der Waals surface area contributed by atoms with Crippen LogP contribution in [0.2, 0.25) is 0 Å². The van der Waals surface area contributed by atoms with Crippen LogP contribution in [-0.2, 0) is 0 Å². The van der Waals surface area contributed by atoms with Gasteiger partial charge in [-0.15, -0.1) is 6.58 Å². The van der Waals surface area contributed by atoms with Crippen LogP contribution in [0.15, 0.2) is 54.0 Å².